The zero-order chi connectivity index (χ0) is 14.8. The number of aromatic nitrogens is 2. The van der Waals surface area contributed by atoms with Crippen LogP contribution in [0.5, 0.6) is 0 Å². The van der Waals surface area contributed by atoms with Crippen LogP contribution in [0.2, 0.25) is 0 Å². The van der Waals surface area contributed by atoms with Gasteiger partial charge in [0.05, 0.1) is 10.6 Å². The SMILES string of the molecule is Cc1cc(F)c(N)cc1S(=O)(=O)NCCc1ncc[nH]1. The molecule has 0 aliphatic rings. The van der Waals surface area contributed by atoms with E-state index in [1.165, 1.54) is 6.92 Å². The average Bonchev–Trinajstić information content (AvgIpc) is 2.86. The molecule has 0 saturated heterocycles. The quantitative estimate of drug-likeness (QED) is 0.716. The molecule has 0 aliphatic heterocycles. The van der Waals surface area contributed by atoms with Gasteiger partial charge in [0, 0.05) is 25.4 Å². The molecular weight excluding hydrogens is 283 g/mol. The number of nitrogen functional groups attached to an aromatic ring is 1. The molecule has 2 rings (SSSR count). The van der Waals surface area contributed by atoms with E-state index in [4.69, 9.17) is 5.73 Å². The maximum absolute atomic E-state index is 13.2. The van der Waals surface area contributed by atoms with Gasteiger partial charge in [-0.15, -0.1) is 0 Å². The Bertz CT molecular complexity index is 698. The third-order valence-electron chi connectivity index (χ3n) is 2.79. The number of rotatable bonds is 5. The van der Waals surface area contributed by atoms with Gasteiger partial charge in [-0.3, -0.25) is 0 Å². The highest BCUT2D eigenvalue weighted by Crippen LogP contribution is 2.21. The molecule has 0 bridgehead atoms. The molecular formula is C12H15FN4O2S. The summed E-state index contributed by atoms with van der Waals surface area (Å²) in [6, 6.07) is 2.23. The summed E-state index contributed by atoms with van der Waals surface area (Å²) in [6.07, 6.45) is 3.69. The van der Waals surface area contributed by atoms with Crippen LogP contribution in [0.1, 0.15) is 11.4 Å². The zero-order valence-electron chi connectivity index (χ0n) is 10.9. The number of hydrogen-bond acceptors (Lipinski definition) is 4. The van der Waals surface area contributed by atoms with E-state index in [2.05, 4.69) is 14.7 Å². The van der Waals surface area contributed by atoms with Gasteiger partial charge in [-0.1, -0.05) is 0 Å². The lowest BCUT2D eigenvalue weighted by molar-refractivity contribution is 0.579. The van der Waals surface area contributed by atoms with Gasteiger partial charge < -0.3 is 10.7 Å². The topological polar surface area (TPSA) is 101 Å². The van der Waals surface area contributed by atoms with Crippen molar-refractivity contribution >= 4 is 15.7 Å². The van der Waals surface area contributed by atoms with Gasteiger partial charge in [-0.2, -0.15) is 0 Å². The number of imidazole rings is 1. The maximum atomic E-state index is 13.2. The van der Waals surface area contributed by atoms with Gasteiger partial charge in [-0.05, 0) is 24.6 Å². The van der Waals surface area contributed by atoms with E-state index in [9.17, 15) is 12.8 Å². The Morgan fingerprint density at radius 2 is 2.20 bits per heavy atom. The number of halogens is 1. The molecule has 8 heteroatoms. The molecule has 0 fully saturated rings. The van der Waals surface area contributed by atoms with Crippen LogP contribution in [0.3, 0.4) is 0 Å². The van der Waals surface area contributed by atoms with E-state index in [1.54, 1.807) is 12.4 Å². The number of hydrogen-bond donors (Lipinski definition) is 3. The Morgan fingerprint density at radius 1 is 1.45 bits per heavy atom. The molecule has 108 valence electrons. The van der Waals surface area contributed by atoms with Gasteiger partial charge in [0.1, 0.15) is 11.6 Å². The number of sulfonamides is 1. The lowest BCUT2D eigenvalue weighted by Crippen LogP contribution is -2.27. The summed E-state index contributed by atoms with van der Waals surface area (Å²) in [5.74, 6) is 0.0556. The molecule has 0 spiro atoms. The summed E-state index contributed by atoms with van der Waals surface area (Å²) in [4.78, 5) is 6.85. The minimum Gasteiger partial charge on any atom is -0.396 e. The van der Waals surface area contributed by atoms with Gasteiger partial charge in [0.2, 0.25) is 10.0 Å². The highest BCUT2D eigenvalue weighted by atomic mass is 32.2. The largest absolute Gasteiger partial charge is 0.396 e. The summed E-state index contributed by atoms with van der Waals surface area (Å²) < 4.78 is 39.9. The van der Waals surface area contributed by atoms with Crippen LogP contribution in [-0.2, 0) is 16.4 Å². The van der Waals surface area contributed by atoms with E-state index in [0.29, 0.717) is 17.8 Å². The number of aromatic amines is 1. The first-order valence-corrected chi connectivity index (χ1v) is 7.42. The molecule has 0 amide bonds. The Morgan fingerprint density at radius 3 is 2.85 bits per heavy atom. The van der Waals surface area contributed by atoms with Crippen LogP contribution in [0.25, 0.3) is 0 Å². The normalized spacial score (nSPS) is 11.7. The number of nitrogens with one attached hydrogen (secondary N) is 2. The first-order chi connectivity index (χ1) is 9.40. The van der Waals surface area contributed by atoms with Crippen molar-refractivity contribution in [2.45, 2.75) is 18.2 Å². The second-order valence-electron chi connectivity index (χ2n) is 4.32. The van der Waals surface area contributed by atoms with Crippen molar-refractivity contribution in [2.75, 3.05) is 12.3 Å². The van der Waals surface area contributed by atoms with E-state index < -0.39 is 15.8 Å². The van der Waals surface area contributed by atoms with Crippen LogP contribution in [0.15, 0.2) is 29.4 Å². The van der Waals surface area contributed by atoms with Crippen molar-refractivity contribution in [2.24, 2.45) is 0 Å². The summed E-state index contributed by atoms with van der Waals surface area (Å²) in [5.41, 5.74) is 5.52. The number of nitrogens with two attached hydrogens (primary N) is 1. The van der Waals surface area contributed by atoms with E-state index in [0.717, 1.165) is 12.1 Å². The van der Waals surface area contributed by atoms with Crippen molar-refractivity contribution in [1.29, 1.82) is 0 Å². The lowest BCUT2D eigenvalue weighted by atomic mass is 10.2. The molecule has 1 heterocycles. The standard InChI is InChI=1S/C12H15FN4O2S/c1-8-6-9(13)10(14)7-11(8)20(18,19)17-3-2-12-15-4-5-16-12/h4-7,17H,2-3,14H2,1H3,(H,15,16). The minimum absolute atomic E-state index is 0.0177. The molecule has 0 radical (unpaired) electrons. The maximum Gasteiger partial charge on any atom is 0.240 e. The number of anilines is 1. The summed E-state index contributed by atoms with van der Waals surface area (Å²) in [5, 5.41) is 0. The third-order valence-corrected chi connectivity index (χ3v) is 4.40. The highest BCUT2D eigenvalue weighted by Gasteiger charge is 2.18. The molecule has 0 saturated carbocycles. The number of aryl methyl sites for hydroxylation is 1. The summed E-state index contributed by atoms with van der Waals surface area (Å²) in [7, 11) is -3.72. The lowest BCUT2D eigenvalue weighted by Gasteiger charge is -2.10. The summed E-state index contributed by atoms with van der Waals surface area (Å²) in [6.45, 7) is 1.70. The number of H-pyrrole nitrogens is 1. The fourth-order valence-electron chi connectivity index (χ4n) is 1.77. The van der Waals surface area contributed by atoms with Gasteiger partial charge in [0.15, 0.2) is 0 Å². The number of benzene rings is 1. The molecule has 6 nitrogen and oxygen atoms in total. The van der Waals surface area contributed by atoms with Crippen molar-refractivity contribution in [3.63, 3.8) is 0 Å². The minimum atomic E-state index is -3.72. The predicted octanol–water partition coefficient (Wildman–Crippen LogP) is 0.960. The fourth-order valence-corrected chi connectivity index (χ4v) is 3.07. The van der Waals surface area contributed by atoms with Crippen molar-refractivity contribution in [3.05, 3.63) is 41.7 Å². The predicted molar refractivity (Wildman–Crippen MR) is 73.0 cm³/mol. The van der Waals surface area contributed by atoms with Crippen LogP contribution >= 0.6 is 0 Å². The van der Waals surface area contributed by atoms with Gasteiger partial charge in [-0.25, -0.2) is 22.5 Å². The van der Waals surface area contributed by atoms with Crippen molar-refractivity contribution in [1.82, 2.24) is 14.7 Å². The molecule has 2 aromatic rings. The molecule has 1 aromatic carbocycles. The Kier molecular flexibility index (Phi) is 4.05. The van der Waals surface area contributed by atoms with Crippen molar-refractivity contribution < 1.29 is 12.8 Å². The average molecular weight is 298 g/mol. The van der Waals surface area contributed by atoms with Gasteiger partial charge >= 0.3 is 0 Å². The zero-order valence-corrected chi connectivity index (χ0v) is 11.7. The van der Waals surface area contributed by atoms with Crippen LogP contribution in [-0.4, -0.2) is 24.9 Å². The molecule has 1 aromatic heterocycles. The second-order valence-corrected chi connectivity index (χ2v) is 6.06. The Hall–Kier alpha value is -1.93. The Labute approximate surface area is 116 Å². The van der Waals surface area contributed by atoms with Crippen LogP contribution in [0, 0.1) is 12.7 Å². The molecule has 4 N–H and O–H groups in total. The third kappa shape index (κ3) is 3.14. The monoisotopic (exact) mass is 298 g/mol. The van der Waals surface area contributed by atoms with Gasteiger partial charge in [0.25, 0.3) is 0 Å². The first-order valence-electron chi connectivity index (χ1n) is 5.93. The van der Waals surface area contributed by atoms with Crippen LogP contribution < -0.4 is 10.5 Å². The summed E-state index contributed by atoms with van der Waals surface area (Å²) >= 11 is 0. The smallest absolute Gasteiger partial charge is 0.240 e. The molecule has 0 atom stereocenters. The van der Waals surface area contributed by atoms with E-state index in [-0.39, 0.29) is 17.1 Å². The molecule has 0 unspecified atom stereocenters. The van der Waals surface area contributed by atoms with E-state index >= 15 is 0 Å². The second kappa shape index (κ2) is 5.59. The highest BCUT2D eigenvalue weighted by molar-refractivity contribution is 7.89. The Balaban J connectivity index is 2.12. The number of nitrogens with zero attached hydrogens (tertiary/aromatic N) is 1. The molecule has 0 aliphatic carbocycles. The molecule has 20 heavy (non-hydrogen) atoms. The first kappa shape index (κ1) is 14.5. The van der Waals surface area contributed by atoms with Crippen molar-refractivity contribution in [3.8, 4) is 0 Å². The van der Waals surface area contributed by atoms with Crippen LogP contribution in [0.4, 0.5) is 10.1 Å². The van der Waals surface area contributed by atoms with E-state index in [1.807, 2.05) is 0 Å². The fraction of sp³-hybridized carbons (Fsp3) is 0.250.